The summed E-state index contributed by atoms with van der Waals surface area (Å²) < 4.78 is 0. The predicted molar refractivity (Wildman–Crippen MR) is 111 cm³/mol. The van der Waals surface area contributed by atoms with E-state index in [-0.39, 0.29) is 17.0 Å². The number of hydrogen-bond donors (Lipinski definition) is 3. The Labute approximate surface area is 170 Å². The van der Waals surface area contributed by atoms with Crippen LogP contribution in [0.2, 0.25) is 0 Å². The average molecular weight is 404 g/mol. The summed E-state index contributed by atoms with van der Waals surface area (Å²) in [6.45, 7) is 0. The minimum absolute atomic E-state index is 0.0450. The molecule has 0 spiro atoms. The largest absolute Gasteiger partial charge is 0.507 e. The Morgan fingerprint density at radius 3 is 2.13 bits per heavy atom. The van der Waals surface area contributed by atoms with Gasteiger partial charge >= 0.3 is 0 Å². The summed E-state index contributed by atoms with van der Waals surface area (Å²) >= 11 is 0. The number of amides is 2. The quantitative estimate of drug-likeness (QED) is 0.329. The van der Waals surface area contributed by atoms with Crippen LogP contribution in [0.1, 0.15) is 26.3 Å². The Balaban J connectivity index is 1.58. The number of carbonyl (C=O) groups is 2. The van der Waals surface area contributed by atoms with E-state index in [1.165, 1.54) is 48.7 Å². The molecule has 3 aromatic carbocycles. The van der Waals surface area contributed by atoms with Gasteiger partial charge < -0.3 is 10.4 Å². The van der Waals surface area contributed by atoms with Crippen molar-refractivity contribution >= 4 is 29.4 Å². The van der Waals surface area contributed by atoms with Gasteiger partial charge in [0.1, 0.15) is 5.75 Å². The highest BCUT2D eigenvalue weighted by Gasteiger charge is 2.10. The van der Waals surface area contributed by atoms with Crippen molar-refractivity contribution in [3.05, 3.63) is 99.6 Å². The lowest BCUT2D eigenvalue weighted by atomic mass is 10.1. The Hall–Kier alpha value is -4.53. The number of anilines is 1. The molecular weight excluding hydrogens is 388 g/mol. The Bertz CT molecular complexity index is 1110. The van der Waals surface area contributed by atoms with Gasteiger partial charge in [-0.25, -0.2) is 5.43 Å². The maximum atomic E-state index is 12.2. The van der Waals surface area contributed by atoms with E-state index >= 15 is 0 Å². The van der Waals surface area contributed by atoms with Gasteiger partial charge in [-0.05, 0) is 48.5 Å². The molecule has 0 aromatic heterocycles. The standard InChI is InChI=1S/C21H16N4O5/c26-19-4-2-1-3-16(19)13-22-24-21(28)15-5-9-17(10-6-15)23-20(27)14-7-11-18(12-8-14)25(29)30/h1-13,26H,(H,23,27)(H,24,28)/b22-13-. The Kier molecular flexibility index (Phi) is 6.14. The molecule has 3 rings (SSSR count). The zero-order chi connectivity index (χ0) is 21.5. The van der Waals surface area contributed by atoms with Crippen LogP contribution in [0, 0.1) is 10.1 Å². The van der Waals surface area contributed by atoms with E-state index in [1.807, 2.05) is 0 Å². The maximum Gasteiger partial charge on any atom is 0.271 e. The van der Waals surface area contributed by atoms with Crippen molar-refractivity contribution in [3.63, 3.8) is 0 Å². The predicted octanol–water partition coefficient (Wildman–Crippen LogP) is 3.32. The zero-order valence-electron chi connectivity index (χ0n) is 15.5. The van der Waals surface area contributed by atoms with Gasteiger partial charge in [-0.2, -0.15) is 5.10 Å². The molecular formula is C21H16N4O5. The first-order valence-electron chi connectivity index (χ1n) is 8.71. The van der Waals surface area contributed by atoms with Crippen molar-refractivity contribution in [2.75, 3.05) is 5.32 Å². The van der Waals surface area contributed by atoms with Crippen LogP contribution in [0.5, 0.6) is 5.75 Å². The van der Waals surface area contributed by atoms with Crippen molar-refractivity contribution in [1.29, 1.82) is 0 Å². The third kappa shape index (κ3) is 5.04. The van der Waals surface area contributed by atoms with Crippen LogP contribution < -0.4 is 10.7 Å². The lowest BCUT2D eigenvalue weighted by Gasteiger charge is -2.06. The van der Waals surface area contributed by atoms with Crippen LogP contribution in [-0.2, 0) is 0 Å². The molecule has 0 aliphatic rings. The van der Waals surface area contributed by atoms with Crippen LogP contribution in [-0.4, -0.2) is 28.1 Å². The molecule has 3 aromatic rings. The number of carbonyl (C=O) groups excluding carboxylic acids is 2. The Morgan fingerprint density at radius 2 is 1.50 bits per heavy atom. The molecule has 0 heterocycles. The number of hydrazone groups is 1. The lowest BCUT2D eigenvalue weighted by Crippen LogP contribution is -2.18. The fraction of sp³-hybridized carbons (Fsp3) is 0. The van der Waals surface area contributed by atoms with Crippen molar-refractivity contribution in [2.24, 2.45) is 5.10 Å². The molecule has 0 atom stereocenters. The fourth-order valence-corrected chi connectivity index (χ4v) is 2.46. The SMILES string of the molecule is O=C(N/N=C\c1ccccc1O)c1ccc(NC(=O)c2ccc([N+](=O)[O-])cc2)cc1. The van der Waals surface area contributed by atoms with Gasteiger partial charge in [0.05, 0.1) is 11.1 Å². The van der Waals surface area contributed by atoms with Crippen LogP contribution in [0.25, 0.3) is 0 Å². The van der Waals surface area contributed by atoms with Gasteiger partial charge in [0, 0.05) is 34.5 Å². The minimum atomic E-state index is -0.544. The molecule has 0 aliphatic carbocycles. The first-order valence-corrected chi connectivity index (χ1v) is 8.71. The summed E-state index contributed by atoms with van der Waals surface area (Å²) in [4.78, 5) is 34.5. The minimum Gasteiger partial charge on any atom is -0.507 e. The topological polar surface area (TPSA) is 134 Å². The van der Waals surface area contributed by atoms with Crippen LogP contribution in [0.15, 0.2) is 77.9 Å². The van der Waals surface area contributed by atoms with Crippen molar-refractivity contribution in [3.8, 4) is 5.75 Å². The number of benzene rings is 3. The van der Waals surface area contributed by atoms with Crippen molar-refractivity contribution in [1.82, 2.24) is 5.43 Å². The van der Waals surface area contributed by atoms with E-state index in [0.717, 1.165) is 0 Å². The smallest absolute Gasteiger partial charge is 0.271 e. The Morgan fingerprint density at radius 1 is 0.900 bits per heavy atom. The van der Waals surface area contributed by atoms with Gasteiger partial charge in [0.15, 0.2) is 0 Å². The highest BCUT2D eigenvalue weighted by Crippen LogP contribution is 2.15. The number of hydrogen-bond acceptors (Lipinski definition) is 6. The molecule has 0 aliphatic heterocycles. The van der Waals surface area contributed by atoms with Gasteiger partial charge in [0.25, 0.3) is 17.5 Å². The van der Waals surface area contributed by atoms with Gasteiger partial charge in [0.2, 0.25) is 0 Å². The number of aromatic hydroxyl groups is 1. The monoisotopic (exact) mass is 404 g/mol. The summed E-state index contributed by atoms with van der Waals surface area (Å²) in [5, 5.41) is 26.8. The third-order valence-corrected chi connectivity index (χ3v) is 4.05. The number of nitro groups is 1. The van der Waals surface area contributed by atoms with Crippen LogP contribution >= 0.6 is 0 Å². The summed E-state index contributed by atoms with van der Waals surface area (Å²) in [5.41, 5.74) is 3.74. The molecule has 3 N–H and O–H groups in total. The van der Waals surface area contributed by atoms with E-state index in [0.29, 0.717) is 16.8 Å². The lowest BCUT2D eigenvalue weighted by molar-refractivity contribution is -0.384. The number of para-hydroxylation sites is 1. The normalized spacial score (nSPS) is 10.5. The van der Waals surface area contributed by atoms with Gasteiger partial charge in [-0.3, -0.25) is 19.7 Å². The number of rotatable bonds is 6. The van der Waals surface area contributed by atoms with E-state index in [1.54, 1.807) is 30.3 Å². The van der Waals surface area contributed by atoms with Gasteiger partial charge in [-0.15, -0.1) is 0 Å². The van der Waals surface area contributed by atoms with E-state index in [9.17, 15) is 24.8 Å². The molecule has 0 fully saturated rings. The molecule has 2 amide bonds. The molecule has 9 heteroatoms. The number of nitro benzene ring substituents is 1. The molecule has 9 nitrogen and oxygen atoms in total. The first-order chi connectivity index (χ1) is 14.4. The summed E-state index contributed by atoms with van der Waals surface area (Å²) in [5.74, 6) is -0.854. The number of phenols is 1. The van der Waals surface area contributed by atoms with Crippen LogP contribution in [0.3, 0.4) is 0 Å². The fourth-order valence-electron chi connectivity index (χ4n) is 2.46. The molecule has 0 radical (unpaired) electrons. The molecule has 0 saturated carbocycles. The highest BCUT2D eigenvalue weighted by atomic mass is 16.6. The van der Waals surface area contributed by atoms with E-state index in [2.05, 4.69) is 15.8 Å². The number of nitrogens with one attached hydrogen (secondary N) is 2. The zero-order valence-corrected chi connectivity index (χ0v) is 15.5. The first kappa shape index (κ1) is 20.2. The second kappa shape index (κ2) is 9.11. The van der Waals surface area contributed by atoms with Crippen molar-refractivity contribution in [2.45, 2.75) is 0 Å². The number of non-ortho nitro benzene ring substituents is 1. The third-order valence-electron chi connectivity index (χ3n) is 4.05. The summed E-state index contributed by atoms with van der Waals surface area (Å²) in [6.07, 6.45) is 1.33. The van der Waals surface area contributed by atoms with Crippen molar-refractivity contribution < 1.29 is 19.6 Å². The maximum absolute atomic E-state index is 12.2. The molecule has 0 bridgehead atoms. The summed E-state index contributed by atoms with van der Waals surface area (Å²) in [6, 6.07) is 17.9. The molecule has 30 heavy (non-hydrogen) atoms. The van der Waals surface area contributed by atoms with Crippen LogP contribution in [0.4, 0.5) is 11.4 Å². The molecule has 150 valence electrons. The van der Waals surface area contributed by atoms with Gasteiger partial charge in [-0.1, -0.05) is 12.1 Å². The second-order valence-corrected chi connectivity index (χ2v) is 6.09. The number of phenolic OH excluding ortho intramolecular Hbond substituents is 1. The number of nitrogens with zero attached hydrogens (tertiary/aromatic N) is 2. The summed E-state index contributed by atoms with van der Waals surface area (Å²) in [7, 11) is 0. The van der Waals surface area contributed by atoms with E-state index in [4.69, 9.17) is 0 Å². The van der Waals surface area contributed by atoms with E-state index < -0.39 is 16.7 Å². The molecule has 0 saturated heterocycles. The highest BCUT2D eigenvalue weighted by molar-refractivity contribution is 6.04. The molecule has 0 unspecified atom stereocenters. The average Bonchev–Trinajstić information content (AvgIpc) is 2.75. The second-order valence-electron chi connectivity index (χ2n) is 6.09.